The molecule has 0 N–H and O–H groups in total. The van der Waals surface area contributed by atoms with Gasteiger partial charge in [0.25, 0.3) is 0 Å². The Hall–Kier alpha value is -0.800. The van der Waals surface area contributed by atoms with Crippen LogP contribution in [-0.2, 0) is 14.2 Å². The zero-order chi connectivity index (χ0) is 17.1. The maximum Gasteiger partial charge on any atom is 0.174 e. The average Bonchev–Trinajstić information content (AvgIpc) is 3.27. The third-order valence-corrected chi connectivity index (χ3v) is 8.45. The fourth-order valence-electron chi connectivity index (χ4n) is 7.41. The van der Waals surface area contributed by atoms with Gasteiger partial charge in [-0.05, 0) is 68.8 Å². The molecule has 0 aromatic rings. The first-order valence-electron chi connectivity index (χ1n) is 10.4. The topological polar surface area (TPSA) is 27.7 Å². The smallest absolute Gasteiger partial charge is 0.174 e. The van der Waals surface area contributed by atoms with Gasteiger partial charge in [-0.3, -0.25) is 0 Å². The van der Waals surface area contributed by atoms with Gasteiger partial charge in [0.15, 0.2) is 5.79 Å². The second-order valence-corrected chi connectivity index (χ2v) is 8.84. The maximum absolute atomic E-state index is 6.32. The average molecular weight is 344 g/mol. The molecule has 3 nitrogen and oxygen atoms in total. The molecule has 0 amide bonds. The highest BCUT2D eigenvalue weighted by atomic mass is 16.7. The van der Waals surface area contributed by atoms with Gasteiger partial charge in [0.1, 0.15) is 0 Å². The van der Waals surface area contributed by atoms with Crippen molar-refractivity contribution >= 4 is 0 Å². The SMILES string of the molecule is CCC12CCC3C4=C(CCC3C1CCC21OCCO1)CC(OC)=CC4. The van der Waals surface area contributed by atoms with Crippen molar-refractivity contribution in [1.29, 1.82) is 0 Å². The largest absolute Gasteiger partial charge is 0.501 e. The maximum atomic E-state index is 6.32. The van der Waals surface area contributed by atoms with Gasteiger partial charge < -0.3 is 14.2 Å². The number of hydrogen-bond donors (Lipinski definition) is 0. The van der Waals surface area contributed by atoms with Crippen molar-refractivity contribution in [3.05, 3.63) is 23.0 Å². The molecule has 4 aliphatic carbocycles. The van der Waals surface area contributed by atoms with Crippen LogP contribution >= 0.6 is 0 Å². The van der Waals surface area contributed by atoms with Crippen molar-refractivity contribution in [2.75, 3.05) is 20.3 Å². The summed E-state index contributed by atoms with van der Waals surface area (Å²) in [5, 5.41) is 0. The molecule has 5 rings (SSSR count). The standard InChI is InChI=1S/C22H32O3/c1-3-21-10-8-18-17-7-5-16(23-2)14-15(17)4-6-19(18)20(21)9-11-22(21)24-12-13-25-22/h5,18-20H,3-4,6-14H2,1-2H3. The fraction of sp³-hybridized carbons (Fsp3) is 0.818. The Morgan fingerprint density at radius 2 is 2.00 bits per heavy atom. The highest BCUT2D eigenvalue weighted by molar-refractivity contribution is 5.33. The highest BCUT2D eigenvalue weighted by Crippen LogP contribution is 2.67. The molecule has 1 aliphatic heterocycles. The molecule has 0 bridgehead atoms. The summed E-state index contributed by atoms with van der Waals surface area (Å²) in [5.74, 6) is 3.37. The van der Waals surface area contributed by atoms with Crippen molar-refractivity contribution in [2.45, 2.75) is 70.5 Å². The molecule has 4 atom stereocenters. The van der Waals surface area contributed by atoms with Crippen LogP contribution in [0, 0.1) is 23.2 Å². The lowest BCUT2D eigenvalue weighted by Gasteiger charge is -2.55. The van der Waals surface area contributed by atoms with E-state index in [-0.39, 0.29) is 11.2 Å². The summed E-state index contributed by atoms with van der Waals surface area (Å²) in [5.41, 5.74) is 3.74. The fourth-order valence-corrected chi connectivity index (χ4v) is 7.41. The zero-order valence-corrected chi connectivity index (χ0v) is 15.8. The van der Waals surface area contributed by atoms with Crippen LogP contribution in [0.5, 0.6) is 0 Å². The Bertz CT molecular complexity index is 613. The van der Waals surface area contributed by atoms with Crippen molar-refractivity contribution in [3.8, 4) is 0 Å². The Balaban J connectivity index is 1.45. The van der Waals surface area contributed by atoms with Crippen LogP contribution in [0.1, 0.15) is 64.7 Å². The van der Waals surface area contributed by atoms with Crippen LogP contribution in [0.25, 0.3) is 0 Å². The number of ether oxygens (including phenoxy) is 3. The summed E-state index contributed by atoms with van der Waals surface area (Å²) in [6.45, 7) is 3.97. The number of rotatable bonds is 2. The second kappa shape index (κ2) is 5.85. The summed E-state index contributed by atoms with van der Waals surface area (Å²) in [6, 6.07) is 0. The Morgan fingerprint density at radius 1 is 1.16 bits per heavy atom. The molecule has 138 valence electrons. The van der Waals surface area contributed by atoms with Crippen molar-refractivity contribution < 1.29 is 14.2 Å². The predicted octanol–water partition coefficient (Wildman–Crippen LogP) is 4.98. The van der Waals surface area contributed by atoms with E-state index in [0.717, 1.165) is 50.2 Å². The quantitative estimate of drug-likeness (QED) is 0.662. The molecule has 1 spiro atoms. The Labute approximate surface area is 151 Å². The Kier molecular flexibility index (Phi) is 3.83. The summed E-state index contributed by atoms with van der Waals surface area (Å²) >= 11 is 0. The molecule has 3 fully saturated rings. The first-order chi connectivity index (χ1) is 12.2. The first-order valence-corrected chi connectivity index (χ1v) is 10.4. The molecule has 0 aromatic carbocycles. The summed E-state index contributed by atoms with van der Waals surface area (Å²) in [4.78, 5) is 0. The van der Waals surface area contributed by atoms with Gasteiger partial charge in [0.05, 0.1) is 26.1 Å². The normalized spacial score (nSPS) is 42.0. The van der Waals surface area contributed by atoms with Gasteiger partial charge in [0.2, 0.25) is 0 Å². The minimum atomic E-state index is -0.248. The van der Waals surface area contributed by atoms with E-state index in [9.17, 15) is 0 Å². The van der Waals surface area contributed by atoms with E-state index in [4.69, 9.17) is 14.2 Å². The molecule has 4 unspecified atom stereocenters. The van der Waals surface area contributed by atoms with E-state index in [1.807, 2.05) is 7.11 Å². The van der Waals surface area contributed by atoms with Gasteiger partial charge in [-0.25, -0.2) is 0 Å². The van der Waals surface area contributed by atoms with Gasteiger partial charge in [-0.2, -0.15) is 0 Å². The summed E-state index contributed by atoms with van der Waals surface area (Å²) in [6.07, 6.45) is 13.4. The predicted molar refractivity (Wildman–Crippen MR) is 96.9 cm³/mol. The lowest BCUT2D eigenvalue weighted by molar-refractivity contribution is -0.246. The van der Waals surface area contributed by atoms with Gasteiger partial charge in [0, 0.05) is 18.3 Å². The minimum Gasteiger partial charge on any atom is -0.501 e. The Morgan fingerprint density at radius 3 is 2.76 bits per heavy atom. The number of methoxy groups -OCH3 is 1. The van der Waals surface area contributed by atoms with Crippen molar-refractivity contribution in [2.24, 2.45) is 23.2 Å². The molecule has 0 radical (unpaired) electrons. The molecule has 3 heteroatoms. The minimum absolute atomic E-state index is 0.248. The second-order valence-electron chi connectivity index (χ2n) is 8.84. The van der Waals surface area contributed by atoms with E-state index >= 15 is 0 Å². The molecule has 25 heavy (non-hydrogen) atoms. The number of allylic oxidation sites excluding steroid dienone is 3. The van der Waals surface area contributed by atoms with Crippen LogP contribution in [0.2, 0.25) is 0 Å². The third kappa shape index (κ3) is 2.12. The van der Waals surface area contributed by atoms with Crippen LogP contribution in [0.3, 0.4) is 0 Å². The molecular formula is C22H32O3. The lowest BCUT2D eigenvalue weighted by atomic mass is 9.52. The van der Waals surface area contributed by atoms with Gasteiger partial charge in [-0.15, -0.1) is 0 Å². The molecular weight excluding hydrogens is 312 g/mol. The lowest BCUT2D eigenvalue weighted by Crippen LogP contribution is -2.53. The van der Waals surface area contributed by atoms with E-state index in [1.54, 1.807) is 11.1 Å². The first kappa shape index (κ1) is 16.4. The van der Waals surface area contributed by atoms with E-state index in [1.165, 1.54) is 44.3 Å². The molecule has 0 aromatic heterocycles. The van der Waals surface area contributed by atoms with E-state index in [2.05, 4.69) is 13.0 Å². The van der Waals surface area contributed by atoms with E-state index < -0.39 is 0 Å². The zero-order valence-electron chi connectivity index (χ0n) is 15.8. The summed E-state index contributed by atoms with van der Waals surface area (Å²) in [7, 11) is 1.82. The van der Waals surface area contributed by atoms with Crippen LogP contribution in [0.4, 0.5) is 0 Å². The third-order valence-electron chi connectivity index (χ3n) is 8.45. The van der Waals surface area contributed by atoms with Crippen molar-refractivity contribution in [1.82, 2.24) is 0 Å². The molecule has 1 saturated heterocycles. The number of hydrogen-bond acceptors (Lipinski definition) is 3. The monoisotopic (exact) mass is 344 g/mol. The summed E-state index contributed by atoms with van der Waals surface area (Å²) < 4.78 is 18.2. The van der Waals surface area contributed by atoms with Gasteiger partial charge >= 0.3 is 0 Å². The molecule has 5 aliphatic rings. The number of fused-ring (bicyclic) bond motifs is 5. The van der Waals surface area contributed by atoms with Gasteiger partial charge in [-0.1, -0.05) is 18.1 Å². The van der Waals surface area contributed by atoms with E-state index in [0.29, 0.717) is 0 Å². The molecule has 1 heterocycles. The van der Waals surface area contributed by atoms with Crippen LogP contribution < -0.4 is 0 Å². The van der Waals surface area contributed by atoms with Crippen LogP contribution in [-0.4, -0.2) is 26.1 Å². The van der Waals surface area contributed by atoms with Crippen LogP contribution in [0.15, 0.2) is 23.0 Å². The molecule has 2 saturated carbocycles. The highest BCUT2D eigenvalue weighted by Gasteiger charge is 2.66. The van der Waals surface area contributed by atoms with Crippen molar-refractivity contribution in [3.63, 3.8) is 0 Å².